The minimum absolute atomic E-state index is 0.0194. The number of nitrogens with one attached hydrogen (secondary N) is 2. The highest BCUT2D eigenvalue weighted by atomic mass is 19.1. The molecule has 2 aromatic carbocycles. The van der Waals surface area contributed by atoms with Gasteiger partial charge in [-0.15, -0.1) is 0 Å². The van der Waals surface area contributed by atoms with E-state index in [9.17, 15) is 14.0 Å². The average molecular weight is 327 g/mol. The number of amides is 3. The molecule has 2 N–H and O–H groups in total. The Kier molecular flexibility index (Phi) is 4.74. The maximum atomic E-state index is 12.8. The summed E-state index contributed by atoms with van der Waals surface area (Å²) < 4.78 is 12.8. The summed E-state index contributed by atoms with van der Waals surface area (Å²) in [7, 11) is 0. The van der Waals surface area contributed by atoms with E-state index in [4.69, 9.17) is 0 Å². The number of carbonyl (C=O) groups is 2. The molecule has 1 aliphatic rings. The van der Waals surface area contributed by atoms with E-state index < -0.39 is 6.03 Å². The molecule has 2 aromatic rings. The lowest BCUT2D eigenvalue weighted by atomic mass is 10.2. The minimum Gasteiger partial charge on any atom is -0.336 e. The van der Waals surface area contributed by atoms with Crippen molar-refractivity contribution in [3.05, 3.63) is 66.0 Å². The first-order chi connectivity index (χ1) is 11.6. The van der Waals surface area contributed by atoms with E-state index in [1.807, 2.05) is 30.3 Å². The molecule has 0 aliphatic carbocycles. The van der Waals surface area contributed by atoms with Crippen molar-refractivity contribution in [1.29, 1.82) is 0 Å². The van der Waals surface area contributed by atoms with Crippen LogP contribution in [-0.2, 0) is 11.3 Å². The molecule has 0 spiro atoms. The number of halogens is 1. The Balaban J connectivity index is 1.52. The number of hydrogen-bond acceptors (Lipinski definition) is 2. The van der Waals surface area contributed by atoms with Crippen molar-refractivity contribution in [3.63, 3.8) is 0 Å². The first kappa shape index (κ1) is 16.0. The highest BCUT2D eigenvalue weighted by Crippen LogP contribution is 2.15. The third-order valence-corrected chi connectivity index (χ3v) is 3.87. The topological polar surface area (TPSA) is 61.4 Å². The van der Waals surface area contributed by atoms with Gasteiger partial charge in [0.05, 0.1) is 6.04 Å². The van der Waals surface area contributed by atoms with Crippen LogP contribution < -0.4 is 10.6 Å². The molecule has 5 nitrogen and oxygen atoms in total. The quantitative estimate of drug-likeness (QED) is 0.907. The second-order valence-corrected chi connectivity index (χ2v) is 5.77. The first-order valence-corrected chi connectivity index (χ1v) is 7.75. The van der Waals surface area contributed by atoms with Gasteiger partial charge in [0.25, 0.3) is 0 Å². The van der Waals surface area contributed by atoms with Crippen LogP contribution in [0, 0.1) is 5.82 Å². The number of hydrogen-bond donors (Lipinski definition) is 2. The van der Waals surface area contributed by atoms with E-state index in [0.29, 0.717) is 18.8 Å². The SMILES string of the molecule is O=C(Nc1ccc(F)cc1)NC1CC(=O)N(Cc2ccccc2)C1. The summed E-state index contributed by atoms with van der Waals surface area (Å²) >= 11 is 0. The molecule has 0 bridgehead atoms. The normalized spacial score (nSPS) is 17.0. The van der Waals surface area contributed by atoms with Gasteiger partial charge in [0.1, 0.15) is 5.82 Å². The highest BCUT2D eigenvalue weighted by molar-refractivity contribution is 5.90. The maximum absolute atomic E-state index is 12.8. The Labute approximate surface area is 139 Å². The van der Waals surface area contributed by atoms with Crippen LogP contribution in [0.3, 0.4) is 0 Å². The zero-order valence-corrected chi connectivity index (χ0v) is 13.0. The van der Waals surface area contributed by atoms with E-state index >= 15 is 0 Å². The Morgan fingerprint density at radius 1 is 1.12 bits per heavy atom. The van der Waals surface area contributed by atoms with Gasteiger partial charge >= 0.3 is 6.03 Å². The lowest BCUT2D eigenvalue weighted by molar-refractivity contribution is -0.128. The molecule has 1 heterocycles. The standard InChI is InChI=1S/C18H18FN3O2/c19-14-6-8-15(9-7-14)20-18(24)21-16-10-17(23)22(12-16)11-13-4-2-1-3-5-13/h1-9,16H,10-12H2,(H2,20,21,24). The van der Waals surface area contributed by atoms with Crippen molar-refractivity contribution in [2.24, 2.45) is 0 Å². The third-order valence-electron chi connectivity index (χ3n) is 3.87. The van der Waals surface area contributed by atoms with Gasteiger partial charge in [0.2, 0.25) is 5.91 Å². The van der Waals surface area contributed by atoms with Gasteiger partial charge in [0.15, 0.2) is 0 Å². The molecule has 1 atom stereocenters. The molecule has 124 valence electrons. The third kappa shape index (κ3) is 4.10. The average Bonchev–Trinajstić information content (AvgIpc) is 2.90. The zero-order valence-electron chi connectivity index (χ0n) is 13.0. The molecule has 1 fully saturated rings. The predicted molar refractivity (Wildman–Crippen MR) is 88.8 cm³/mol. The fourth-order valence-corrected chi connectivity index (χ4v) is 2.71. The number of urea groups is 1. The van der Waals surface area contributed by atoms with E-state index in [1.54, 1.807) is 4.90 Å². The van der Waals surface area contributed by atoms with Crippen LogP contribution in [0.25, 0.3) is 0 Å². The molecule has 0 saturated carbocycles. The van der Waals surface area contributed by atoms with Crippen molar-refractivity contribution in [1.82, 2.24) is 10.2 Å². The summed E-state index contributed by atoms with van der Waals surface area (Å²) in [6.07, 6.45) is 0.281. The van der Waals surface area contributed by atoms with Crippen LogP contribution >= 0.6 is 0 Å². The van der Waals surface area contributed by atoms with Crippen LogP contribution in [0.15, 0.2) is 54.6 Å². The van der Waals surface area contributed by atoms with Gasteiger partial charge in [-0.3, -0.25) is 4.79 Å². The van der Waals surface area contributed by atoms with E-state index in [0.717, 1.165) is 5.56 Å². The Hall–Kier alpha value is -2.89. The molecule has 6 heteroatoms. The molecule has 1 saturated heterocycles. The number of likely N-dealkylation sites (tertiary alicyclic amines) is 1. The Bertz CT molecular complexity index is 719. The molecular formula is C18H18FN3O2. The molecule has 1 aliphatic heterocycles. The van der Waals surface area contributed by atoms with Crippen molar-refractivity contribution in [2.45, 2.75) is 19.0 Å². The smallest absolute Gasteiger partial charge is 0.319 e. The minimum atomic E-state index is -0.402. The lowest BCUT2D eigenvalue weighted by Crippen LogP contribution is -2.39. The van der Waals surface area contributed by atoms with Crippen molar-refractivity contribution in [2.75, 3.05) is 11.9 Å². The summed E-state index contributed by atoms with van der Waals surface area (Å²) in [5, 5.41) is 5.41. The van der Waals surface area contributed by atoms with Gasteiger partial charge in [-0.1, -0.05) is 30.3 Å². The molecular weight excluding hydrogens is 309 g/mol. The lowest BCUT2D eigenvalue weighted by Gasteiger charge is -2.17. The first-order valence-electron chi connectivity index (χ1n) is 7.75. The van der Waals surface area contributed by atoms with E-state index in [-0.39, 0.29) is 24.2 Å². The Morgan fingerprint density at radius 2 is 1.83 bits per heavy atom. The number of rotatable bonds is 4. The van der Waals surface area contributed by atoms with Gasteiger partial charge in [-0.2, -0.15) is 0 Å². The number of benzene rings is 2. The van der Waals surface area contributed by atoms with Gasteiger partial charge in [0, 0.05) is 25.2 Å². The van der Waals surface area contributed by atoms with Gasteiger partial charge < -0.3 is 15.5 Å². The molecule has 0 aromatic heterocycles. The van der Waals surface area contributed by atoms with Crippen LogP contribution in [0.2, 0.25) is 0 Å². The zero-order chi connectivity index (χ0) is 16.9. The van der Waals surface area contributed by atoms with Crippen LogP contribution in [0.1, 0.15) is 12.0 Å². The van der Waals surface area contributed by atoms with E-state index in [2.05, 4.69) is 10.6 Å². The van der Waals surface area contributed by atoms with Crippen LogP contribution in [0.5, 0.6) is 0 Å². The number of nitrogens with zero attached hydrogens (tertiary/aromatic N) is 1. The molecule has 3 rings (SSSR count). The van der Waals surface area contributed by atoms with Gasteiger partial charge in [-0.05, 0) is 29.8 Å². The fraction of sp³-hybridized carbons (Fsp3) is 0.222. The summed E-state index contributed by atoms with van der Waals surface area (Å²) in [5.41, 5.74) is 1.56. The Morgan fingerprint density at radius 3 is 2.54 bits per heavy atom. The van der Waals surface area contributed by atoms with Crippen LogP contribution in [0.4, 0.5) is 14.9 Å². The molecule has 0 radical (unpaired) electrons. The molecule has 1 unspecified atom stereocenters. The largest absolute Gasteiger partial charge is 0.336 e. The molecule has 3 amide bonds. The van der Waals surface area contributed by atoms with Crippen molar-refractivity contribution in [3.8, 4) is 0 Å². The second kappa shape index (κ2) is 7.12. The number of anilines is 1. The summed E-state index contributed by atoms with van der Waals surface area (Å²) in [5.74, 6) is -0.343. The summed E-state index contributed by atoms with van der Waals surface area (Å²) in [6.45, 7) is 1.02. The van der Waals surface area contributed by atoms with Crippen molar-refractivity contribution >= 4 is 17.6 Å². The highest BCUT2D eigenvalue weighted by Gasteiger charge is 2.30. The maximum Gasteiger partial charge on any atom is 0.319 e. The predicted octanol–water partition coefficient (Wildman–Crippen LogP) is 2.75. The second-order valence-electron chi connectivity index (χ2n) is 5.77. The summed E-state index contributed by atoms with van der Waals surface area (Å²) in [4.78, 5) is 25.8. The molecule has 24 heavy (non-hydrogen) atoms. The summed E-state index contributed by atoms with van der Waals surface area (Å²) in [6, 6.07) is 14.6. The van der Waals surface area contributed by atoms with E-state index in [1.165, 1.54) is 24.3 Å². The van der Waals surface area contributed by atoms with Gasteiger partial charge in [-0.25, -0.2) is 9.18 Å². The number of carbonyl (C=O) groups excluding carboxylic acids is 2. The van der Waals surface area contributed by atoms with Crippen molar-refractivity contribution < 1.29 is 14.0 Å². The monoisotopic (exact) mass is 327 g/mol. The van der Waals surface area contributed by atoms with Crippen LogP contribution in [-0.4, -0.2) is 29.4 Å². The fourth-order valence-electron chi connectivity index (χ4n) is 2.71.